The molecular formula is C19H19FN4O4. The molecule has 0 spiro atoms. The number of anilines is 1. The van der Waals surface area contributed by atoms with Crippen molar-refractivity contribution in [1.82, 2.24) is 14.1 Å². The zero-order chi connectivity index (χ0) is 20.4. The van der Waals surface area contributed by atoms with Gasteiger partial charge >= 0.3 is 5.69 Å². The number of hydrogen-bond donors (Lipinski definition) is 1. The van der Waals surface area contributed by atoms with Crippen LogP contribution in [0.2, 0.25) is 0 Å². The van der Waals surface area contributed by atoms with Crippen LogP contribution in [0.15, 0.2) is 40.1 Å². The molecule has 9 heteroatoms. The molecule has 0 radical (unpaired) electrons. The second-order valence-electron chi connectivity index (χ2n) is 6.13. The number of methoxy groups -OCH3 is 1. The van der Waals surface area contributed by atoms with Crippen molar-refractivity contribution in [3.63, 3.8) is 0 Å². The fourth-order valence-electron chi connectivity index (χ4n) is 2.99. The molecule has 0 bridgehead atoms. The third-order valence-corrected chi connectivity index (χ3v) is 4.41. The number of ether oxygens (including phenoxy) is 1. The zero-order valence-electron chi connectivity index (χ0n) is 15.7. The number of amides is 1. The fourth-order valence-corrected chi connectivity index (χ4v) is 2.99. The van der Waals surface area contributed by atoms with E-state index in [1.165, 1.54) is 36.9 Å². The first-order valence-electron chi connectivity index (χ1n) is 8.58. The Bertz CT molecular complexity index is 1180. The number of hydrogen-bond acceptors (Lipinski definition) is 5. The van der Waals surface area contributed by atoms with E-state index in [1.54, 1.807) is 12.3 Å². The lowest BCUT2D eigenvalue weighted by molar-refractivity contribution is -0.116. The third-order valence-electron chi connectivity index (χ3n) is 4.41. The van der Waals surface area contributed by atoms with Gasteiger partial charge in [-0.25, -0.2) is 18.7 Å². The molecule has 0 saturated heterocycles. The van der Waals surface area contributed by atoms with Crippen LogP contribution in [-0.2, 0) is 24.8 Å². The number of halogens is 1. The minimum atomic E-state index is -0.708. The molecule has 0 aliphatic heterocycles. The van der Waals surface area contributed by atoms with Crippen molar-refractivity contribution in [1.29, 1.82) is 0 Å². The Morgan fingerprint density at radius 1 is 1.29 bits per heavy atom. The van der Waals surface area contributed by atoms with Crippen LogP contribution in [0.1, 0.15) is 12.5 Å². The van der Waals surface area contributed by atoms with Gasteiger partial charge in [-0.3, -0.25) is 14.2 Å². The van der Waals surface area contributed by atoms with Crippen LogP contribution in [0, 0.1) is 5.82 Å². The maximum absolute atomic E-state index is 13.7. The summed E-state index contributed by atoms with van der Waals surface area (Å²) in [4.78, 5) is 42.1. The van der Waals surface area contributed by atoms with Crippen molar-refractivity contribution < 1.29 is 13.9 Å². The molecule has 1 aromatic carbocycles. The van der Waals surface area contributed by atoms with E-state index in [-0.39, 0.29) is 16.7 Å². The van der Waals surface area contributed by atoms with Crippen LogP contribution < -0.4 is 21.3 Å². The quantitative estimate of drug-likeness (QED) is 0.716. The highest BCUT2D eigenvalue weighted by Crippen LogP contribution is 2.25. The largest absolute Gasteiger partial charge is 0.495 e. The van der Waals surface area contributed by atoms with Crippen molar-refractivity contribution in [3.05, 3.63) is 62.7 Å². The Balaban J connectivity index is 2.11. The van der Waals surface area contributed by atoms with Crippen LogP contribution in [0.5, 0.6) is 5.75 Å². The molecule has 1 N–H and O–H groups in total. The number of para-hydroxylation sites is 1. The lowest BCUT2D eigenvalue weighted by Gasteiger charge is -2.14. The molecule has 28 heavy (non-hydrogen) atoms. The van der Waals surface area contributed by atoms with Gasteiger partial charge in [0.15, 0.2) is 5.65 Å². The Labute approximate surface area is 159 Å². The third kappa shape index (κ3) is 3.26. The maximum Gasteiger partial charge on any atom is 0.332 e. The molecule has 0 aliphatic rings. The van der Waals surface area contributed by atoms with E-state index in [4.69, 9.17) is 4.74 Å². The molecular weight excluding hydrogens is 367 g/mol. The SMILES string of the molecule is CCc1cnc2c(c1OC)c(=O)n(CC(=O)Nc1ccccc1F)c(=O)n2C. The highest BCUT2D eigenvalue weighted by Gasteiger charge is 2.20. The van der Waals surface area contributed by atoms with Crippen LogP contribution in [0.3, 0.4) is 0 Å². The summed E-state index contributed by atoms with van der Waals surface area (Å²) in [6.45, 7) is 1.31. The molecule has 0 saturated carbocycles. The smallest absolute Gasteiger partial charge is 0.332 e. The van der Waals surface area contributed by atoms with Gasteiger partial charge in [0.05, 0.1) is 12.8 Å². The summed E-state index contributed by atoms with van der Waals surface area (Å²) < 4.78 is 21.1. The standard InChI is InChI=1S/C19H19FN4O4/c1-4-11-9-21-17-15(16(11)28-3)18(26)24(19(27)23(17)2)10-14(25)22-13-8-6-5-7-12(13)20/h5-9H,4,10H2,1-3H3,(H,22,25). The van der Waals surface area contributed by atoms with Gasteiger partial charge in [0.2, 0.25) is 5.91 Å². The van der Waals surface area contributed by atoms with E-state index in [1.807, 2.05) is 6.92 Å². The van der Waals surface area contributed by atoms with Crippen molar-refractivity contribution in [2.75, 3.05) is 12.4 Å². The van der Waals surface area contributed by atoms with E-state index < -0.39 is 29.5 Å². The summed E-state index contributed by atoms with van der Waals surface area (Å²) >= 11 is 0. The number of aromatic nitrogens is 3. The predicted molar refractivity (Wildman–Crippen MR) is 102 cm³/mol. The monoisotopic (exact) mass is 386 g/mol. The molecule has 146 valence electrons. The van der Waals surface area contributed by atoms with E-state index in [0.717, 1.165) is 4.57 Å². The van der Waals surface area contributed by atoms with Gasteiger partial charge in [-0.05, 0) is 18.6 Å². The summed E-state index contributed by atoms with van der Waals surface area (Å²) in [5, 5.41) is 2.48. The average Bonchev–Trinajstić information content (AvgIpc) is 2.70. The van der Waals surface area contributed by atoms with E-state index in [9.17, 15) is 18.8 Å². The second-order valence-corrected chi connectivity index (χ2v) is 6.13. The second kappa shape index (κ2) is 7.63. The van der Waals surface area contributed by atoms with Crippen LogP contribution >= 0.6 is 0 Å². The van der Waals surface area contributed by atoms with Crippen molar-refractivity contribution in [2.45, 2.75) is 19.9 Å². The topological polar surface area (TPSA) is 95.2 Å². The van der Waals surface area contributed by atoms with Crippen LogP contribution in [0.4, 0.5) is 10.1 Å². The number of aryl methyl sites for hydroxylation is 2. The molecule has 3 aromatic rings. The Morgan fingerprint density at radius 2 is 2.00 bits per heavy atom. The van der Waals surface area contributed by atoms with Gasteiger partial charge in [0.1, 0.15) is 23.5 Å². The van der Waals surface area contributed by atoms with E-state index in [0.29, 0.717) is 17.7 Å². The van der Waals surface area contributed by atoms with Gasteiger partial charge < -0.3 is 10.1 Å². The maximum atomic E-state index is 13.7. The highest BCUT2D eigenvalue weighted by molar-refractivity contribution is 5.91. The lowest BCUT2D eigenvalue weighted by atomic mass is 10.1. The van der Waals surface area contributed by atoms with Crippen molar-refractivity contribution >= 4 is 22.6 Å². The molecule has 1 amide bonds. The average molecular weight is 386 g/mol. The molecule has 0 fully saturated rings. The minimum Gasteiger partial charge on any atom is -0.495 e. The summed E-state index contributed by atoms with van der Waals surface area (Å²) in [5.74, 6) is -1.01. The molecule has 3 rings (SSSR count). The van der Waals surface area contributed by atoms with Gasteiger partial charge in [-0.1, -0.05) is 19.1 Å². The summed E-state index contributed by atoms with van der Waals surface area (Å²) in [5.41, 5.74) is -0.574. The molecule has 8 nitrogen and oxygen atoms in total. The predicted octanol–water partition coefficient (Wildman–Crippen LogP) is 1.44. The Morgan fingerprint density at radius 3 is 2.64 bits per heavy atom. The van der Waals surface area contributed by atoms with Crippen molar-refractivity contribution in [3.8, 4) is 5.75 Å². The number of fused-ring (bicyclic) bond motifs is 1. The van der Waals surface area contributed by atoms with Crippen LogP contribution in [0.25, 0.3) is 11.0 Å². The summed E-state index contributed by atoms with van der Waals surface area (Å²) in [7, 11) is 2.88. The molecule has 0 atom stereocenters. The Hall–Kier alpha value is -3.49. The van der Waals surface area contributed by atoms with E-state index >= 15 is 0 Å². The number of nitrogens with zero attached hydrogens (tertiary/aromatic N) is 3. The molecule has 2 aromatic heterocycles. The Kier molecular flexibility index (Phi) is 5.25. The number of carbonyl (C=O) groups excluding carboxylic acids is 1. The number of nitrogens with one attached hydrogen (secondary N) is 1. The molecule has 0 aliphatic carbocycles. The number of benzene rings is 1. The fraction of sp³-hybridized carbons (Fsp3) is 0.263. The zero-order valence-corrected chi connectivity index (χ0v) is 15.7. The van der Waals surface area contributed by atoms with Gasteiger partial charge in [0.25, 0.3) is 5.56 Å². The number of pyridine rings is 1. The highest BCUT2D eigenvalue weighted by atomic mass is 19.1. The van der Waals surface area contributed by atoms with Gasteiger partial charge in [0, 0.05) is 18.8 Å². The first-order chi connectivity index (χ1) is 13.4. The van der Waals surface area contributed by atoms with Gasteiger partial charge in [-0.2, -0.15) is 0 Å². The summed E-state index contributed by atoms with van der Waals surface area (Å²) in [6.07, 6.45) is 2.12. The van der Waals surface area contributed by atoms with Crippen molar-refractivity contribution in [2.24, 2.45) is 7.05 Å². The lowest BCUT2D eigenvalue weighted by Crippen LogP contribution is -2.42. The minimum absolute atomic E-state index is 0.0364. The summed E-state index contributed by atoms with van der Waals surface area (Å²) in [6, 6.07) is 5.62. The molecule has 2 heterocycles. The number of carbonyl (C=O) groups is 1. The van der Waals surface area contributed by atoms with E-state index in [2.05, 4.69) is 10.3 Å². The molecule has 0 unspecified atom stereocenters. The first-order valence-corrected chi connectivity index (χ1v) is 8.58. The first kappa shape index (κ1) is 19.3. The number of rotatable bonds is 5. The van der Waals surface area contributed by atoms with Gasteiger partial charge in [-0.15, -0.1) is 0 Å². The van der Waals surface area contributed by atoms with Crippen LogP contribution in [-0.4, -0.2) is 27.1 Å². The normalized spacial score (nSPS) is 10.9.